The Morgan fingerprint density at radius 2 is 2.75 bits per heavy atom. The first-order valence-corrected chi connectivity index (χ1v) is 2.98. The zero-order chi connectivity index (χ0) is 5.82. The van der Waals surface area contributed by atoms with E-state index in [2.05, 4.69) is 9.21 Å². The van der Waals surface area contributed by atoms with Crippen molar-refractivity contribution in [1.82, 2.24) is 4.37 Å². The molecule has 0 amide bonds. The summed E-state index contributed by atoms with van der Waals surface area (Å²) in [5.74, 6) is 4.78. The van der Waals surface area contributed by atoms with E-state index >= 15 is 0 Å². The molecule has 0 atom stereocenters. The molecular formula is C4H6N2OS. The van der Waals surface area contributed by atoms with Gasteiger partial charge in [0.1, 0.15) is 6.61 Å². The fraction of sp³-hybridized carbons (Fsp3) is 0.250. The van der Waals surface area contributed by atoms with Crippen LogP contribution in [0.15, 0.2) is 11.4 Å². The zero-order valence-corrected chi connectivity index (χ0v) is 5.02. The van der Waals surface area contributed by atoms with Gasteiger partial charge in [-0.15, -0.1) is 0 Å². The Balaban J connectivity index is 2.50. The van der Waals surface area contributed by atoms with Crippen molar-refractivity contribution >= 4 is 11.5 Å². The van der Waals surface area contributed by atoms with Gasteiger partial charge in [-0.25, -0.2) is 5.90 Å². The van der Waals surface area contributed by atoms with Gasteiger partial charge >= 0.3 is 0 Å². The van der Waals surface area contributed by atoms with Crippen LogP contribution in [0.3, 0.4) is 0 Å². The van der Waals surface area contributed by atoms with Crippen LogP contribution >= 0.6 is 11.5 Å². The molecule has 0 aliphatic rings. The largest absolute Gasteiger partial charge is 0.298 e. The predicted molar refractivity (Wildman–Crippen MR) is 31.1 cm³/mol. The number of nitrogens with two attached hydrogens (primary N) is 1. The van der Waals surface area contributed by atoms with Crippen LogP contribution in [0.25, 0.3) is 0 Å². The maximum absolute atomic E-state index is 4.78. The molecule has 2 N–H and O–H groups in total. The van der Waals surface area contributed by atoms with Crippen LogP contribution in [0.2, 0.25) is 0 Å². The molecule has 1 heterocycles. The summed E-state index contributed by atoms with van der Waals surface area (Å²) in [5.41, 5.74) is 0.887. The van der Waals surface area contributed by atoms with Crippen molar-refractivity contribution in [2.75, 3.05) is 0 Å². The summed E-state index contributed by atoms with van der Waals surface area (Å²) in [6.45, 7) is 0.406. The van der Waals surface area contributed by atoms with Gasteiger partial charge in [0.25, 0.3) is 0 Å². The van der Waals surface area contributed by atoms with Gasteiger partial charge in [0, 0.05) is 5.38 Å². The van der Waals surface area contributed by atoms with E-state index < -0.39 is 0 Å². The normalized spacial score (nSPS) is 9.62. The minimum atomic E-state index is 0.406. The third-order valence-electron chi connectivity index (χ3n) is 0.722. The molecule has 0 aliphatic heterocycles. The molecule has 0 bridgehead atoms. The molecule has 4 heteroatoms. The van der Waals surface area contributed by atoms with E-state index in [9.17, 15) is 0 Å². The van der Waals surface area contributed by atoms with Crippen LogP contribution in [0.5, 0.6) is 0 Å². The van der Waals surface area contributed by atoms with Crippen LogP contribution in [0, 0.1) is 0 Å². The molecule has 3 nitrogen and oxygen atoms in total. The average Bonchev–Trinajstić information content (AvgIpc) is 2.19. The molecule has 0 aliphatic carbocycles. The Morgan fingerprint density at radius 3 is 3.25 bits per heavy atom. The summed E-state index contributed by atoms with van der Waals surface area (Å²) >= 11 is 1.39. The lowest BCUT2D eigenvalue weighted by molar-refractivity contribution is 0.122. The van der Waals surface area contributed by atoms with Crippen molar-refractivity contribution in [1.29, 1.82) is 0 Å². The lowest BCUT2D eigenvalue weighted by atomic mass is 10.5. The second kappa shape index (κ2) is 2.76. The van der Waals surface area contributed by atoms with E-state index in [1.165, 1.54) is 11.5 Å². The molecule has 8 heavy (non-hydrogen) atoms. The Kier molecular flexibility index (Phi) is 1.96. The van der Waals surface area contributed by atoms with Crippen LogP contribution in [-0.4, -0.2) is 4.37 Å². The Labute approximate surface area is 51.2 Å². The molecule has 44 valence electrons. The first kappa shape index (κ1) is 5.68. The Bertz CT molecular complexity index is 140. The van der Waals surface area contributed by atoms with Crippen LogP contribution < -0.4 is 5.90 Å². The number of nitrogens with zero attached hydrogens (tertiary/aromatic N) is 1. The van der Waals surface area contributed by atoms with Crippen molar-refractivity contribution in [3.63, 3.8) is 0 Å². The van der Waals surface area contributed by atoms with E-state index in [4.69, 9.17) is 5.90 Å². The molecule has 0 aromatic carbocycles. The zero-order valence-electron chi connectivity index (χ0n) is 4.20. The monoisotopic (exact) mass is 130 g/mol. The SMILES string of the molecule is NOCc1ccsn1. The standard InChI is InChI=1S/C4H6N2OS/c5-7-3-4-1-2-8-6-4/h1-2H,3,5H2. The lowest BCUT2D eigenvalue weighted by Gasteiger charge is -1.87. The average molecular weight is 130 g/mol. The van der Waals surface area contributed by atoms with Gasteiger partial charge in [-0.3, -0.25) is 4.84 Å². The van der Waals surface area contributed by atoms with Gasteiger partial charge in [0.15, 0.2) is 0 Å². The van der Waals surface area contributed by atoms with Crippen LogP contribution in [0.1, 0.15) is 5.69 Å². The van der Waals surface area contributed by atoms with Gasteiger partial charge in [-0.05, 0) is 17.6 Å². The summed E-state index contributed by atoms with van der Waals surface area (Å²) in [4.78, 5) is 4.33. The van der Waals surface area contributed by atoms with Gasteiger partial charge < -0.3 is 0 Å². The Morgan fingerprint density at radius 1 is 1.88 bits per heavy atom. The van der Waals surface area contributed by atoms with Crippen LogP contribution in [-0.2, 0) is 11.4 Å². The third kappa shape index (κ3) is 1.26. The topological polar surface area (TPSA) is 48.1 Å². The van der Waals surface area contributed by atoms with Crippen molar-refractivity contribution in [3.05, 3.63) is 17.1 Å². The molecule has 0 saturated heterocycles. The third-order valence-corrected chi connectivity index (χ3v) is 1.32. The second-order valence-corrected chi connectivity index (χ2v) is 1.97. The Hall–Kier alpha value is -0.450. The highest BCUT2D eigenvalue weighted by Gasteiger charge is 1.89. The van der Waals surface area contributed by atoms with E-state index in [1.54, 1.807) is 0 Å². The first-order chi connectivity index (χ1) is 3.93. The summed E-state index contributed by atoms with van der Waals surface area (Å²) in [5, 5.41) is 1.88. The van der Waals surface area contributed by atoms with Gasteiger partial charge in [-0.2, -0.15) is 4.37 Å². The number of aromatic nitrogens is 1. The molecule has 1 rings (SSSR count). The smallest absolute Gasteiger partial charge is 0.111 e. The van der Waals surface area contributed by atoms with Gasteiger partial charge in [0.05, 0.1) is 5.69 Å². The van der Waals surface area contributed by atoms with Crippen LogP contribution in [0.4, 0.5) is 0 Å². The predicted octanol–water partition coefficient (Wildman–Crippen LogP) is 0.533. The highest BCUT2D eigenvalue weighted by Crippen LogP contribution is 1.98. The van der Waals surface area contributed by atoms with E-state index in [0.717, 1.165) is 5.69 Å². The van der Waals surface area contributed by atoms with Crippen molar-refractivity contribution < 1.29 is 4.84 Å². The quantitative estimate of drug-likeness (QED) is 0.594. The van der Waals surface area contributed by atoms with Gasteiger partial charge in [-0.1, -0.05) is 0 Å². The molecule has 0 radical (unpaired) electrons. The fourth-order valence-electron chi connectivity index (χ4n) is 0.397. The molecule has 0 fully saturated rings. The van der Waals surface area contributed by atoms with E-state index in [1.807, 2.05) is 11.4 Å². The van der Waals surface area contributed by atoms with Crippen molar-refractivity contribution in [3.8, 4) is 0 Å². The highest BCUT2D eigenvalue weighted by molar-refractivity contribution is 7.03. The molecule has 1 aromatic heterocycles. The number of hydrogen-bond acceptors (Lipinski definition) is 4. The minimum absolute atomic E-state index is 0.406. The fourth-order valence-corrected chi connectivity index (χ4v) is 0.925. The molecule has 1 aromatic rings. The molecular weight excluding hydrogens is 124 g/mol. The van der Waals surface area contributed by atoms with E-state index in [0.29, 0.717) is 6.61 Å². The van der Waals surface area contributed by atoms with Crippen molar-refractivity contribution in [2.24, 2.45) is 5.90 Å². The molecule has 0 spiro atoms. The summed E-state index contributed by atoms with van der Waals surface area (Å²) in [6.07, 6.45) is 0. The number of rotatable bonds is 2. The van der Waals surface area contributed by atoms with Gasteiger partial charge in [0.2, 0.25) is 0 Å². The lowest BCUT2D eigenvalue weighted by Crippen LogP contribution is -1.98. The maximum Gasteiger partial charge on any atom is 0.111 e. The second-order valence-electron chi connectivity index (χ2n) is 1.30. The first-order valence-electron chi connectivity index (χ1n) is 2.14. The van der Waals surface area contributed by atoms with Crippen molar-refractivity contribution in [2.45, 2.75) is 6.61 Å². The minimum Gasteiger partial charge on any atom is -0.298 e. The highest BCUT2D eigenvalue weighted by atomic mass is 32.1. The molecule has 0 saturated carbocycles. The summed E-state index contributed by atoms with van der Waals surface area (Å²) in [6, 6.07) is 1.87. The van der Waals surface area contributed by atoms with E-state index in [-0.39, 0.29) is 0 Å². The summed E-state index contributed by atoms with van der Waals surface area (Å²) in [7, 11) is 0. The number of hydrogen-bond donors (Lipinski definition) is 1. The summed E-state index contributed by atoms with van der Waals surface area (Å²) < 4.78 is 3.94. The maximum atomic E-state index is 4.78. The molecule has 0 unspecified atom stereocenters.